The summed E-state index contributed by atoms with van der Waals surface area (Å²) in [5.74, 6) is 0.500. The van der Waals surface area contributed by atoms with E-state index in [9.17, 15) is 9.59 Å². The number of amides is 1. The van der Waals surface area contributed by atoms with Crippen molar-refractivity contribution >= 4 is 23.6 Å². The Morgan fingerprint density at radius 1 is 1.15 bits per heavy atom. The summed E-state index contributed by atoms with van der Waals surface area (Å²) in [6.07, 6.45) is 3.70. The second kappa shape index (κ2) is 7.55. The number of likely N-dealkylation sites (tertiary alicyclic amines) is 1. The summed E-state index contributed by atoms with van der Waals surface area (Å²) in [4.78, 5) is 26.9. The number of carbonyl (C=O) groups excluding carboxylic acids is 2. The van der Waals surface area contributed by atoms with Crippen LogP contribution >= 0.6 is 11.5 Å². The number of rotatable bonds is 4. The second-order valence-electron chi connectivity index (χ2n) is 8.05. The molecule has 0 radical (unpaired) electrons. The highest BCUT2D eigenvalue weighted by Crippen LogP contribution is 2.47. The predicted molar refractivity (Wildman–Crippen MR) is 99.8 cm³/mol. The van der Waals surface area contributed by atoms with Gasteiger partial charge in [0.05, 0.1) is 12.3 Å². The Bertz CT molecular complexity index is 668. The molecule has 0 N–H and O–H groups in total. The Morgan fingerprint density at radius 3 is 2.35 bits per heavy atom. The van der Waals surface area contributed by atoms with Crippen LogP contribution in [0.2, 0.25) is 0 Å². The lowest BCUT2D eigenvalue weighted by Gasteiger charge is -2.33. The first-order chi connectivity index (χ1) is 12.3. The molecule has 2 fully saturated rings. The van der Waals surface area contributed by atoms with Crippen LogP contribution in [0, 0.1) is 0 Å². The van der Waals surface area contributed by atoms with Gasteiger partial charge < -0.3 is 14.4 Å². The minimum atomic E-state index is -0.476. The SMILES string of the molecule is CCOC(=O)c1snc(C2CCN(C(=O)OC(C)(C)C)CC2)c1C1CC1. The van der Waals surface area contributed by atoms with E-state index in [1.165, 1.54) is 11.5 Å². The standard InChI is InChI=1S/C19H28N2O4S/c1-5-24-17(22)16-14(12-6-7-12)15(20-26-16)13-8-10-21(11-9-13)18(23)25-19(2,3)4/h12-13H,5-11H2,1-4H3. The van der Waals surface area contributed by atoms with Crippen LogP contribution in [0.15, 0.2) is 0 Å². The Kier molecular flexibility index (Phi) is 5.55. The van der Waals surface area contributed by atoms with Crippen molar-refractivity contribution in [3.63, 3.8) is 0 Å². The summed E-state index contributed by atoms with van der Waals surface area (Å²) < 4.78 is 15.3. The summed E-state index contributed by atoms with van der Waals surface area (Å²) in [7, 11) is 0. The van der Waals surface area contributed by atoms with E-state index < -0.39 is 5.60 Å². The zero-order chi connectivity index (χ0) is 18.9. The van der Waals surface area contributed by atoms with E-state index in [1.807, 2.05) is 27.7 Å². The molecular weight excluding hydrogens is 352 g/mol. The summed E-state index contributed by atoms with van der Waals surface area (Å²) in [6, 6.07) is 0. The van der Waals surface area contributed by atoms with Crippen molar-refractivity contribution in [2.75, 3.05) is 19.7 Å². The van der Waals surface area contributed by atoms with E-state index in [-0.39, 0.29) is 12.1 Å². The van der Waals surface area contributed by atoms with Gasteiger partial charge in [-0.15, -0.1) is 0 Å². The molecule has 3 rings (SSSR count). The van der Waals surface area contributed by atoms with Crippen molar-refractivity contribution in [1.29, 1.82) is 0 Å². The quantitative estimate of drug-likeness (QED) is 0.728. The van der Waals surface area contributed by atoms with E-state index in [0.29, 0.717) is 36.4 Å². The van der Waals surface area contributed by atoms with E-state index in [0.717, 1.165) is 36.9 Å². The number of piperidine rings is 1. The van der Waals surface area contributed by atoms with Crippen LogP contribution in [0.25, 0.3) is 0 Å². The normalized spacial score (nSPS) is 18.7. The molecule has 2 aliphatic rings. The minimum Gasteiger partial charge on any atom is -0.462 e. The molecule has 0 unspecified atom stereocenters. The molecule has 1 aliphatic carbocycles. The molecule has 1 aromatic heterocycles. The third kappa shape index (κ3) is 4.37. The van der Waals surface area contributed by atoms with Crippen LogP contribution in [0.3, 0.4) is 0 Å². The van der Waals surface area contributed by atoms with Crippen molar-refractivity contribution in [3.8, 4) is 0 Å². The number of aromatic nitrogens is 1. The average Bonchev–Trinajstić information content (AvgIpc) is 3.31. The molecule has 1 amide bonds. The van der Waals surface area contributed by atoms with Crippen LogP contribution in [0.5, 0.6) is 0 Å². The summed E-state index contributed by atoms with van der Waals surface area (Å²) in [6.45, 7) is 9.17. The maximum atomic E-state index is 12.2. The predicted octanol–water partition coefficient (Wildman–Crippen LogP) is 4.31. The third-order valence-electron chi connectivity index (χ3n) is 4.74. The zero-order valence-corrected chi connectivity index (χ0v) is 16.9. The lowest BCUT2D eigenvalue weighted by Crippen LogP contribution is -2.41. The summed E-state index contributed by atoms with van der Waals surface area (Å²) in [5, 5.41) is 0. The first-order valence-corrected chi connectivity index (χ1v) is 10.2. The summed E-state index contributed by atoms with van der Waals surface area (Å²) >= 11 is 1.27. The molecule has 1 aliphatic heterocycles. The van der Waals surface area contributed by atoms with E-state index in [2.05, 4.69) is 4.37 Å². The smallest absolute Gasteiger partial charge is 0.410 e. The van der Waals surface area contributed by atoms with Gasteiger partial charge in [-0.1, -0.05) is 0 Å². The zero-order valence-electron chi connectivity index (χ0n) is 16.0. The molecule has 2 heterocycles. The first kappa shape index (κ1) is 19.1. The molecule has 0 aromatic carbocycles. The fraction of sp³-hybridized carbons (Fsp3) is 0.737. The van der Waals surface area contributed by atoms with Crippen LogP contribution in [0.1, 0.15) is 86.1 Å². The van der Waals surface area contributed by atoms with Crippen molar-refractivity contribution in [2.24, 2.45) is 0 Å². The van der Waals surface area contributed by atoms with Crippen molar-refractivity contribution < 1.29 is 19.1 Å². The topological polar surface area (TPSA) is 68.7 Å². The number of esters is 1. The largest absolute Gasteiger partial charge is 0.462 e. The fourth-order valence-electron chi connectivity index (χ4n) is 3.38. The third-order valence-corrected chi connectivity index (χ3v) is 5.59. The number of ether oxygens (including phenoxy) is 2. The highest BCUT2D eigenvalue weighted by atomic mass is 32.1. The molecule has 7 heteroatoms. The van der Waals surface area contributed by atoms with Crippen LogP contribution < -0.4 is 0 Å². The van der Waals surface area contributed by atoms with Gasteiger partial charge in [0.1, 0.15) is 10.5 Å². The van der Waals surface area contributed by atoms with Gasteiger partial charge in [0, 0.05) is 24.6 Å². The first-order valence-electron chi connectivity index (χ1n) is 9.44. The lowest BCUT2D eigenvalue weighted by atomic mass is 9.89. The van der Waals surface area contributed by atoms with Gasteiger partial charge in [-0.25, -0.2) is 9.59 Å². The molecule has 1 saturated heterocycles. The molecule has 6 nitrogen and oxygen atoms in total. The van der Waals surface area contributed by atoms with Gasteiger partial charge >= 0.3 is 12.1 Å². The van der Waals surface area contributed by atoms with E-state index >= 15 is 0 Å². The molecular formula is C19H28N2O4S. The van der Waals surface area contributed by atoms with Crippen LogP contribution in [0.4, 0.5) is 4.79 Å². The number of hydrogen-bond acceptors (Lipinski definition) is 6. The maximum absolute atomic E-state index is 12.2. The van der Waals surface area contributed by atoms with Gasteiger partial charge in [-0.2, -0.15) is 4.37 Å². The highest BCUT2D eigenvalue weighted by molar-refractivity contribution is 7.08. The van der Waals surface area contributed by atoms with Crippen molar-refractivity contribution in [3.05, 3.63) is 16.1 Å². The molecule has 0 spiro atoms. The molecule has 1 aromatic rings. The summed E-state index contributed by atoms with van der Waals surface area (Å²) in [5.41, 5.74) is 1.70. The van der Waals surface area contributed by atoms with Crippen molar-refractivity contribution in [1.82, 2.24) is 9.27 Å². The molecule has 1 saturated carbocycles. The fourth-order valence-corrected chi connectivity index (χ4v) is 4.32. The number of carbonyl (C=O) groups is 2. The van der Waals surface area contributed by atoms with Gasteiger partial charge in [0.25, 0.3) is 0 Å². The van der Waals surface area contributed by atoms with Gasteiger partial charge in [0.15, 0.2) is 0 Å². The van der Waals surface area contributed by atoms with Crippen LogP contribution in [-0.2, 0) is 9.47 Å². The Labute approximate surface area is 159 Å². The average molecular weight is 381 g/mol. The van der Waals surface area contributed by atoms with E-state index in [4.69, 9.17) is 9.47 Å². The highest BCUT2D eigenvalue weighted by Gasteiger charge is 2.37. The van der Waals surface area contributed by atoms with Gasteiger partial charge in [-0.05, 0) is 70.8 Å². The molecule has 144 valence electrons. The lowest BCUT2D eigenvalue weighted by molar-refractivity contribution is 0.0204. The Balaban J connectivity index is 1.68. The van der Waals surface area contributed by atoms with Crippen molar-refractivity contribution in [2.45, 2.75) is 70.8 Å². The molecule has 0 bridgehead atoms. The Hall–Kier alpha value is -1.63. The maximum Gasteiger partial charge on any atom is 0.410 e. The van der Waals surface area contributed by atoms with Gasteiger partial charge in [-0.3, -0.25) is 0 Å². The second-order valence-corrected chi connectivity index (χ2v) is 8.82. The van der Waals surface area contributed by atoms with Gasteiger partial charge in [0.2, 0.25) is 0 Å². The Morgan fingerprint density at radius 2 is 1.81 bits per heavy atom. The molecule has 0 atom stereocenters. The monoisotopic (exact) mass is 380 g/mol. The number of nitrogens with zero attached hydrogens (tertiary/aromatic N) is 2. The number of hydrogen-bond donors (Lipinski definition) is 0. The van der Waals surface area contributed by atoms with E-state index in [1.54, 1.807) is 4.90 Å². The van der Waals surface area contributed by atoms with Crippen LogP contribution in [-0.4, -0.2) is 46.6 Å². The molecule has 26 heavy (non-hydrogen) atoms. The minimum absolute atomic E-state index is 0.246.